The Bertz CT molecular complexity index is 674. The summed E-state index contributed by atoms with van der Waals surface area (Å²) in [4.78, 5) is 0. The Labute approximate surface area is 98.4 Å². The van der Waals surface area contributed by atoms with Gasteiger partial charge in [-0.1, -0.05) is 18.2 Å². The van der Waals surface area contributed by atoms with E-state index in [4.69, 9.17) is 0 Å². The van der Waals surface area contributed by atoms with Gasteiger partial charge in [-0.15, -0.1) is 0 Å². The van der Waals surface area contributed by atoms with Crippen LogP contribution in [0, 0.1) is 0 Å². The molecule has 82 valence electrons. The number of benzene rings is 2. The minimum Gasteiger partial charge on any atom is -0.506 e. The summed E-state index contributed by atoms with van der Waals surface area (Å²) in [5.41, 5.74) is 6.46. The highest BCUT2D eigenvalue weighted by atomic mass is 16.3. The third-order valence-corrected chi connectivity index (χ3v) is 3.06. The molecule has 0 spiro atoms. The van der Waals surface area contributed by atoms with Crippen molar-refractivity contribution in [1.29, 1.82) is 0 Å². The predicted molar refractivity (Wildman–Crippen MR) is 70.0 cm³/mol. The summed E-state index contributed by atoms with van der Waals surface area (Å²) in [5, 5.41) is 15.8. The fourth-order valence-corrected chi connectivity index (χ4v) is 2.00. The van der Waals surface area contributed by atoms with Crippen molar-refractivity contribution < 1.29 is 5.11 Å². The molecule has 2 aliphatic heterocycles. The van der Waals surface area contributed by atoms with E-state index in [9.17, 15) is 5.11 Å². The number of phenolic OH excluding ortho intramolecular Hbond substituents is 1. The van der Waals surface area contributed by atoms with Gasteiger partial charge in [0, 0.05) is 0 Å². The maximum absolute atomic E-state index is 9.60. The van der Waals surface area contributed by atoms with E-state index in [0.29, 0.717) is 5.75 Å². The van der Waals surface area contributed by atoms with E-state index in [1.807, 2.05) is 18.2 Å². The molecule has 0 amide bonds. The number of anilines is 4. The van der Waals surface area contributed by atoms with Crippen LogP contribution in [0.5, 0.6) is 5.75 Å². The lowest BCUT2D eigenvalue weighted by Gasteiger charge is -1.93. The van der Waals surface area contributed by atoms with E-state index >= 15 is 0 Å². The van der Waals surface area contributed by atoms with Gasteiger partial charge in [-0.25, -0.2) is 0 Å². The third-order valence-electron chi connectivity index (χ3n) is 3.06. The van der Waals surface area contributed by atoms with Gasteiger partial charge in [0.05, 0.1) is 17.1 Å². The van der Waals surface area contributed by atoms with Crippen molar-refractivity contribution >= 4 is 34.9 Å². The molecular formula is C14H10N2O. The lowest BCUT2D eigenvalue weighted by molar-refractivity contribution is 0.480. The Morgan fingerprint density at radius 2 is 1.65 bits per heavy atom. The zero-order chi connectivity index (χ0) is 11.4. The van der Waals surface area contributed by atoms with Crippen LogP contribution in [0.15, 0.2) is 30.3 Å². The number of hydrogen-bond acceptors (Lipinski definition) is 3. The monoisotopic (exact) mass is 222 g/mol. The first-order valence-electron chi connectivity index (χ1n) is 5.53. The second-order valence-corrected chi connectivity index (χ2v) is 4.35. The fourth-order valence-electron chi connectivity index (χ4n) is 2.00. The zero-order valence-corrected chi connectivity index (χ0v) is 8.99. The molecule has 2 aliphatic rings. The lowest BCUT2D eigenvalue weighted by Crippen LogP contribution is -1.69. The molecular weight excluding hydrogens is 212 g/mol. The maximum atomic E-state index is 9.60. The largest absolute Gasteiger partial charge is 0.506 e. The highest BCUT2D eigenvalue weighted by Crippen LogP contribution is 2.47. The maximum Gasteiger partial charge on any atom is 0.141 e. The van der Waals surface area contributed by atoms with Gasteiger partial charge in [-0.05, 0) is 35.4 Å². The van der Waals surface area contributed by atoms with E-state index < -0.39 is 0 Å². The van der Waals surface area contributed by atoms with Crippen molar-refractivity contribution in [1.82, 2.24) is 0 Å². The molecule has 0 aliphatic carbocycles. The first kappa shape index (κ1) is 8.70. The molecule has 0 unspecified atom stereocenters. The molecule has 0 radical (unpaired) electrons. The van der Waals surface area contributed by atoms with Crippen molar-refractivity contribution in [2.75, 3.05) is 10.6 Å². The molecule has 4 rings (SSSR count). The lowest BCUT2D eigenvalue weighted by atomic mass is 10.1. The van der Waals surface area contributed by atoms with Crippen LogP contribution >= 0.6 is 0 Å². The first-order chi connectivity index (χ1) is 8.29. The summed E-state index contributed by atoms with van der Waals surface area (Å²) in [7, 11) is 0. The molecule has 3 heteroatoms. The number of hydrogen-bond donors (Lipinski definition) is 3. The molecule has 2 aromatic rings. The molecule has 0 aromatic heterocycles. The number of phenols is 1. The molecule has 2 heterocycles. The van der Waals surface area contributed by atoms with Crippen LogP contribution in [0.1, 0.15) is 11.1 Å². The second kappa shape index (κ2) is 2.83. The van der Waals surface area contributed by atoms with E-state index in [0.717, 1.165) is 22.5 Å². The fraction of sp³-hybridized carbons (Fsp3) is 0. The average molecular weight is 222 g/mol. The van der Waals surface area contributed by atoms with Crippen molar-refractivity contribution in [3.8, 4) is 5.75 Å². The van der Waals surface area contributed by atoms with Gasteiger partial charge in [0.25, 0.3) is 0 Å². The smallest absolute Gasteiger partial charge is 0.141 e. The number of nitrogens with one attached hydrogen (secondary N) is 2. The molecule has 0 saturated heterocycles. The quantitative estimate of drug-likeness (QED) is 0.275. The van der Waals surface area contributed by atoms with Crippen LogP contribution in [-0.4, -0.2) is 5.11 Å². The van der Waals surface area contributed by atoms with E-state index in [1.165, 1.54) is 11.4 Å². The molecule has 0 saturated carbocycles. The Balaban J connectivity index is 1.64. The van der Waals surface area contributed by atoms with E-state index in [2.05, 4.69) is 28.8 Å². The molecule has 0 atom stereocenters. The Morgan fingerprint density at radius 3 is 2.47 bits per heavy atom. The van der Waals surface area contributed by atoms with Gasteiger partial charge in [-0.2, -0.15) is 0 Å². The zero-order valence-electron chi connectivity index (χ0n) is 8.99. The molecule has 3 N–H and O–H groups in total. The molecule has 2 aromatic carbocycles. The Hall–Kier alpha value is -2.42. The van der Waals surface area contributed by atoms with Crippen LogP contribution < -0.4 is 10.6 Å². The van der Waals surface area contributed by atoms with Crippen LogP contribution in [0.2, 0.25) is 0 Å². The van der Waals surface area contributed by atoms with Crippen LogP contribution in [0.25, 0.3) is 12.2 Å². The Morgan fingerprint density at radius 1 is 0.824 bits per heavy atom. The van der Waals surface area contributed by atoms with Crippen LogP contribution in [0.4, 0.5) is 22.7 Å². The van der Waals surface area contributed by atoms with Gasteiger partial charge in [0.1, 0.15) is 11.4 Å². The third kappa shape index (κ3) is 1.44. The van der Waals surface area contributed by atoms with Crippen LogP contribution in [-0.2, 0) is 0 Å². The topological polar surface area (TPSA) is 64.1 Å². The Kier molecular flexibility index (Phi) is 1.45. The minimum atomic E-state index is 0.323. The number of rotatable bonds is 2. The first-order valence-corrected chi connectivity index (χ1v) is 5.53. The molecule has 17 heavy (non-hydrogen) atoms. The second-order valence-electron chi connectivity index (χ2n) is 4.35. The summed E-state index contributed by atoms with van der Waals surface area (Å²) in [6, 6.07) is 10.0. The molecule has 0 fully saturated rings. The highest BCUT2D eigenvalue weighted by Gasteiger charge is 2.20. The van der Waals surface area contributed by atoms with Crippen molar-refractivity contribution in [3.63, 3.8) is 0 Å². The van der Waals surface area contributed by atoms with Crippen molar-refractivity contribution in [3.05, 3.63) is 41.5 Å². The van der Waals surface area contributed by atoms with Gasteiger partial charge >= 0.3 is 0 Å². The van der Waals surface area contributed by atoms with Crippen molar-refractivity contribution in [2.24, 2.45) is 0 Å². The normalized spacial score (nSPS) is 13.6. The summed E-state index contributed by atoms with van der Waals surface area (Å²) in [6.07, 6.45) is 4.05. The van der Waals surface area contributed by atoms with E-state index in [-0.39, 0.29) is 0 Å². The minimum absolute atomic E-state index is 0.323. The highest BCUT2D eigenvalue weighted by molar-refractivity contribution is 5.97. The van der Waals surface area contributed by atoms with Crippen molar-refractivity contribution in [2.45, 2.75) is 0 Å². The predicted octanol–water partition coefficient (Wildman–Crippen LogP) is 3.68. The van der Waals surface area contributed by atoms with Gasteiger partial charge in [-0.3, -0.25) is 0 Å². The number of aromatic hydroxyl groups is 1. The number of fused-ring (bicyclic) bond motifs is 2. The van der Waals surface area contributed by atoms with E-state index in [1.54, 1.807) is 6.07 Å². The summed E-state index contributed by atoms with van der Waals surface area (Å²) >= 11 is 0. The summed E-state index contributed by atoms with van der Waals surface area (Å²) in [6.45, 7) is 0. The molecule has 0 bridgehead atoms. The van der Waals surface area contributed by atoms with Gasteiger partial charge in [0.15, 0.2) is 0 Å². The summed E-state index contributed by atoms with van der Waals surface area (Å²) in [5.74, 6) is 0.323. The summed E-state index contributed by atoms with van der Waals surface area (Å²) < 4.78 is 0. The van der Waals surface area contributed by atoms with Gasteiger partial charge in [0.2, 0.25) is 0 Å². The SMILES string of the molecule is Oc1cc(C=Cc2ccc3c(c2)N3)cc2c1N2. The average Bonchev–Trinajstić information content (AvgIpc) is 3.19. The standard InChI is InChI=1S/C14H10N2O/c17-13-7-9(6-12-14(13)16-12)2-1-8-3-4-10-11(5-8)15-10/h1-7,15-17H. The van der Waals surface area contributed by atoms with Crippen LogP contribution in [0.3, 0.4) is 0 Å². The molecule has 3 nitrogen and oxygen atoms in total. The van der Waals surface area contributed by atoms with Gasteiger partial charge < -0.3 is 15.7 Å².